The molecule has 0 saturated carbocycles. The van der Waals surface area contributed by atoms with Gasteiger partial charge in [-0.3, -0.25) is 0 Å². The number of hydrogen-bond donors (Lipinski definition) is 0. The van der Waals surface area contributed by atoms with E-state index in [0.717, 1.165) is 22.3 Å². The predicted molar refractivity (Wildman–Crippen MR) is 229 cm³/mol. The van der Waals surface area contributed by atoms with Crippen LogP contribution in [-0.2, 0) is 5.41 Å². The van der Waals surface area contributed by atoms with Gasteiger partial charge >= 0.3 is 0 Å². The first-order valence-electron chi connectivity index (χ1n) is 19.0. The first-order valence-corrected chi connectivity index (χ1v) is 19.0. The Morgan fingerprint density at radius 1 is 0.327 bits per heavy atom. The third-order valence-electron chi connectivity index (χ3n) is 11.7. The fraction of sp³-hybridized carbons (Fsp3) is 0.0577. The molecule has 0 unspecified atom stereocenters. The maximum absolute atomic E-state index is 5.31. The minimum atomic E-state index is -0.214. The number of hydrogen-bond acceptors (Lipinski definition) is 3. The van der Waals surface area contributed by atoms with Gasteiger partial charge in [-0.25, -0.2) is 15.0 Å². The van der Waals surface area contributed by atoms with Crippen LogP contribution in [0.4, 0.5) is 0 Å². The van der Waals surface area contributed by atoms with Crippen molar-refractivity contribution in [2.24, 2.45) is 0 Å². The van der Waals surface area contributed by atoms with E-state index in [-0.39, 0.29) is 5.41 Å². The van der Waals surface area contributed by atoms with Crippen molar-refractivity contribution in [3.05, 3.63) is 187 Å². The van der Waals surface area contributed by atoms with Crippen LogP contribution >= 0.6 is 0 Å². The zero-order valence-corrected chi connectivity index (χ0v) is 30.6. The Bertz CT molecular complexity index is 3180. The van der Waals surface area contributed by atoms with Crippen molar-refractivity contribution < 1.29 is 0 Å². The first kappa shape index (κ1) is 31.5. The lowest BCUT2D eigenvalue weighted by molar-refractivity contribution is 0.661. The molecule has 1 aromatic heterocycles. The van der Waals surface area contributed by atoms with Crippen molar-refractivity contribution >= 4 is 43.1 Å². The molecule has 0 saturated heterocycles. The summed E-state index contributed by atoms with van der Waals surface area (Å²) in [6.07, 6.45) is 0. The summed E-state index contributed by atoms with van der Waals surface area (Å²) in [4.78, 5) is 15.7. The van der Waals surface area contributed by atoms with E-state index in [1.54, 1.807) is 0 Å². The van der Waals surface area contributed by atoms with E-state index in [2.05, 4.69) is 172 Å². The van der Waals surface area contributed by atoms with E-state index >= 15 is 0 Å². The number of nitrogens with zero attached hydrogens (tertiary/aromatic N) is 3. The molecule has 0 aliphatic heterocycles. The summed E-state index contributed by atoms with van der Waals surface area (Å²) in [5.41, 5.74) is 10.1. The van der Waals surface area contributed by atoms with Crippen LogP contribution in [-0.4, -0.2) is 15.0 Å². The van der Waals surface area contributed by atoms with Crippen LogP contribution in [0.2, 0.25) is 0 Å². The fourth-order valence-electron chi connectivity index (χ4n) is 9.21. The quantitative estimate of drug-likeness (QED) is 0.171. The van der Waals surface area contributed by atoms with Crippen molar-refractivity contribution in [3.63, 3.8) is 0 Å². The van der Waals surface area contributed by atoms with Crippen molar-refractivity contribution in [2.45, 2.75) is 19.3 Å². The monoisotopic (exact) mass is 701 g/mol. The summed E-state index contributed by atoms with van der Waals surface area (Å²) in [6.45, 7) is 4.62. The molecule has 0 bridgehead atoms. The highest BCUT2D eigenvalue weighted by molar-refractivity contribution is 6.33. The van der Waals surface area contributed by atoms with Gasteiger partial charge in [-0.15, -0.1) is 0 Å². The molecule has 3 heteroatoms. The maximum atomic E-state index is 5.31. The second kappa shape index (κ2) is 12.0. The molecule has 1 aliphatic rings. The van der Waals surface area contributed by atoms with Gasteiger partial charge in [0, 0.05) is 22.1 Å². The molecule has 0 atom stereocenters. The molecule has 0 spiro atoms. The molecule has 258 valence electrons. The third kappa shape index (κ3) is 4.79. The topological polar surface area (TPSA) is 38.7 Å². The number of aromatic nitrogens is 3. The minimum Gasteiger partial charge on any atom is -0.208 e. The van der Waals surface area contributed by atoms with Crippen molar-refractivity contribution in [3.8, 4) is 56.4 Å². The molecule has 1 aliphatic carbocycles. The smallest absolute Gasteiger partial charge is 0.164 e. The SMILES string of the molecule is CC1(C)c2ccccc2-c2cccc(-c3nc(-c4ccccc4)nc(-c4cccc(-c5cc6c7ccccc7c7ccccc7c6c6ccccc56)c4)n3)c21. The molecule has 3 nitrogen and oxygen atoms in total. The van der Waals surface area contributed by atoms with E-state index < -0.39 is 0 Å². The van der Waals surface area contributed by atoms with Gasteiger partial charge in [0.2, 0.25) is 0 Å². The summed E-state index contributed by atoms with van der Waals surface area (Å²) >= 11 is 0. The zero-order chi connectivity index (χ0) is 36.7. The second-order valence-corrected chi connectivity index (χ2v) is 15.1. The van der Waals surface area contributed by atoms with Crippen molar-refractivity contribution in [1.82, 2.24) is 15.0 Å². The maximum Gasteiger partial charge on any atom is 0.164 e. The highest BCUT2D eigenvalue weighted by Crippen LogP contribution is 2.52. The standard InChI is InChI=1S/C52H35N3/c1-52(2)46-29-13-12-24-39(46)42-27-15-28-43(48(42)52)51-54-49(32-16-4-3-5-17-32)53-50(55-51)34-19-14-18-33(30-34)44-31-45-37-22-7-6-20-35(37)36-21-8-10-25-40(36)47(45)41-26-11-9-23-38(41)44/h3-31H,1-2H3. The average molecular weight is 702 g/mol. The number of rotatable bonds is 4. The van der Waals surface area contributed by atoms with Gasteiger partial charge in [0.1, 0.15) is 0 Å². The molecule has 0 fully saturated rings. The highest BCUT2D eigenvalue weighted by atomic mass is 15.0. The summed E-state index contributed by atoms with van der Waals surface area (Å²) in [6, 6.07) is 63.1. The van der Waals surface area contributed by atoms with Crippen LogP contribution in [0.5, 0.6) is 0 Å². The lowest BCUT2D eigenvalue weighted by atomic mass is 9.80. The highest BCUT2D eigenvalue weighted by Gasteiger charge is 2.38. The Balaban J connectivity index is 1.14. The summed E-state index contributed by atoms with van der Waals surface area (Å²) in [5, 5.41) is 10.1. The van der Waals surface area contributed by atoms with Gasteiger partial charge < -0.3 is 0 Å². The van der Waals surface area contributed by atoms with Crippen molar-refractivity contribution in [2.75, 3.05) is 0 Å². The van der Waals surface area contributed by atoms with E-state index in [9.17, 15) is 0 Å². The third-order valence-corrected chi connectivity index (χ3v) is 11.7. The van der Waals surface area contributed by atoms with Crippen molar-refractivity contribution in [1.29, 1.82) is 0 Å². The van der Waals surface area contributed by atoms with Crippen LogP contribution in [0.1, 0.15) is 25.0 Å². The zero-order valence-electron chi connectivity index (χ0n) is 30.6. The normalized spacial score (nSPS) is 13.1. The Kier molecular flexibility index (Phi) is 6.90. The molecule has 10 aromatic rings. The molecule has 55 heavy (non-hydrogen) atoms. The van der Waals surface area contributed by atoms with Gasteiger partial charge in [0.05, 0.1) is 0 Å². The molecule has 9 aromatic carbocycles. The summed E-state index contributed by atoms with van der Waals surface area (Å²) in [5.74, 6) is 1.99. The van der Waals surface area contributed by atoms with E-state index in [0.29, 0.717) is 17.5 Å². The molecule has 0 radical (unpaired) electrons. The Hall–Kier alpha value is -6.97. The van der Waals surface area contributed by atoms with Gasteiger partial charge in [0.15, 0.2) is 17.5 Å². The second-order valence-electron chi connectivity index (χ2n) is 15.1. The van der Waals surface area contributed by atoms with Crippen LogP contribution in [0, 0.1) is 0 Å². The van der Waals surface area contributed by atoms with Gasteiger partial charge in [0.25, 0.3) is 0 Å². The molecular weight excluding hydrogens is 667 g/mol. The average Bonchev–Trinajstić information content (AvgIpc) is 3.49. The van der Waals surface area contributed by atoms with Crippen LogP contribution < -0.4 is 0 Å². The molecule has 11 rings (SSSR count). The van der Waals surface area contributed by atoms with Crippen LogP contribution in [0.3, 0.4) is 0 Å². The lowest BCUT2D eigenvalue weighted by Gasteiger charge is -2.24. The molecule has 1 heterocycles. The van der Waals surface area contributed by atoms with Gasteiger partial charge in [-0.1, -0.05) is 178 Å². The fourth-order valence-corrected chi connectivity index (χ4v) is 9.21. The number of benzene rings is 9. The van der Waals surface area contributed by atoms with E-state index in [1.807, 2.05) is 18.2 Å². The van der Waals surface area contributed by atoms with Gasteiger partial charge in [-0.2, -0.15) is 0 Å². The van der Waals surface area contributed by atoms with Crippen LogP contribution in [0.25, 0.3) is 99.5 Å². The Morgan fingerprint density at radius 2 is 0.818 bits per heavy atom. The summed E-state index contributed by atoms with van der Waals surface area (Å²) in [7, 11) is 0. The summed E-state index contributed by atoms with van der Waals surface area (Å²) < 4.78 is 0. The molecule has 0 N–H and O–H groups in total. The Morgan fingerprint density at radius 3 is 1.58 bits per heavy atom. The van der Waals surface area contributed by atoms with Crippen LogP contribution in [0.15, 0.2) is 176 Å². The lowest BCUT2D eigenvalue weighted by Crippen LogP contribution is -2.17. The molecular formula is C52H35N3. The van der Waals surface area contributed by atoms with Gasteiger partial charge in [-0.05, 0) is 88.6 Å². The van der Waals surface area contributed by atoms with E-state index in [1.165, 1.54) is 70.9 Å². The first-order chi connectivity index (χ1) is 27.0. The largest absolute Gasteiger partial charge is 0.208 e. The number of fused-ring (bicyclic) bond motifs is 11. The molecule has 0 amide bonds. The predicted octanol–water partition coefficient (Wildman–Crippen LogP) is 13.5. The minimum absolute atomic E-state index is 0.214. The Labute approximate surface area is 319 Å². The van der Waals surface area contributed by atoms with E-state index in [4.69, 9.17) is 15.0 Å².